The van der Waals surface area contributed by atoms with Crippen LogP contribution in [0.1, 0.15) is 18.4 Å². The van der Waals surface area contributed by atoms with Crippen molar-refractivity contribution in [3.8, 4) is 6.07 Å². The summed E-state index contributed by atoms with van der Waals surface area (Å²) in [5.74, 6) is -0.310. The Kier molecular flexibility index (Phi) is 3.26. The number of fused-ring (bicyclic) bond motifs is 2. The summed E-state index contributed by atoms with van der Waals surface area (Å²) in [5, 5.41) is 8.98. The summed E-state index contributed by atoms with van der Waals surface area (Å²) in [6, 6.07) is 13.2. The minimum absolute atomic E-state index is 0.106. The van der Waals surface area contributed by atoms with Crippen LogP contribution in [0.15, 0.2) is 56.0 Å². The van der Waals surface area contributed by atoms with Crippen molar-refractivity contribution in [3.63, 3.8) is 0 Å². The Morgan fingerprint density at radius 1 is 1.00 bits per heavy atom. The zero-order chi connectivity index (χ0) is 13.4. The zero-order valence-electron chi connectivity index (χ0n) is 10.2. The second kappa shape index (κ2) is 4.92. The van der Waals surface area contributed by atoms with Crippen LogP contribution < -0.4 is 0 Å². The van der Waals surface area contributed by atoms with Crippen molar-refractivity contribution < 1.29 is 4.39 Å². The van der Waals surface area contributed by atoms with Gasteiger partial charge in [-0.15, -0.1) is 0 Å². The molecule has 1 unspecified atom stereocenters. The van der Waals surface area contributed by atoms with E-state index in [1.165, 1.54) is 6.07 Å². The molecular weight excluding hydrogens is 277 g/mol. The Labute approximate surface area is 119 Å². The maximum Gasteiger partial charge on any atom is 0.124 e. The van der Waals surface area contributed by atoms with Gasteiger partial charge in [-0.05, 0) is 42.8 Å². The van der Waals surface area contributed by atoms with E-state index in [9.17, 15) is 4.39 Å². The predicted molar refractivity (Wildman–Crippen MR) is 75.1 cm³/mol. The molecule has 1 heterocycles. The van der Waals surface area contributed by atoms with E-state index in [0.717, 1.165) is 25.1 Å². The predicted octanol–water partition coefficient (Wildman–Crippen LogP) is 5.07. The standard InChI is InChI=1S/C15H10FNS2/c1-9(8-17)10-2-4-12-14(6-10)18-13-5-3-11(16)7-15(13)19-12/h2-7,9H,1H3. The lowest BCUT2D eigenvalue weighted by Gasteiger charge is -2.19. The van der Waals surface area contributed by atoms with E-state index in [4.69, 9.17) is 5.26 Å². The van der Waals surface area contributed by atoms with Crippen LogP contribution in [0.3, 0.4) is 0 Å². The number of nitriles is 1. The molecule has 0 radical (unpaired) electrons. The summed E-state index contributed by atoms with van der Waals surface area (Å²) in [6.07, 6.45) is 0. The third-order valence-corrected chi connectivity index (χ3v) is 5.53. The van der Waals surface area contributed by atoms with Gasteiger partial charge in [-0.2, -0.15) is 5.26 Å². The van der Waals surface area contributed by atoms with Gasteiger partial charge in [-0.25, -0.2) is 4.39 Å². The van der Waals surface area contributed by atoms with Gasteiger partial charge in [0.2, 0.25) is 0 Å². The topological polar surface area (TPSA) is 23.8 Å². The molecule has 0 bridgehead atoms. The summed E-state index contributed by atoms with van der Waals surface area (Å²) in [4.78, 5) is 4.29. The molecule has 2 aromatic rings. The van der Waals surface area contributed by atoms with Gasteiger partial charge in [0.05, 0.1) is 12.0 Å². The van der Waals surface area contributed by atoms with Crippen LogP contribution in [0.5, 0.6) is 0 Å². The second-order valence-corrected chi connectivity index (χ2v) is 6.52. The Morgan fingerprint density at radius 3 is 2.32 bits per heavy atom. The molecule has 2 aromatic carbocycles. The Morgan fingerprint density at radius 2 is 1.63 bits per heavy atom. The minimum Gasteiger partial charge on any atom is -0.207 e. The number of hydrogen-bond donors (Lipinski definition) is 0. The van der Waals surface area contributed by atoms with Crippen molar-refractivity contribution in [2.24, 2.45) is 0 Å². The van der Waals surface area contributed by atoms with Crippen LogP contribution in [0.2, 0.25) is 0 Å². The van der Waals surface area contributed by atoms with E-state index in [0.29, 0.717) is 0 Å². The van der Waals surface area contributed by atoms with Crippen molar-refractivity contribution in [3.05, 3.63) is 47.8 Å². The lowest BCUT2D eigenvalue weighted by atomic mass is 10.0. The summed E-state index contributed by atoms with van der Waals surface area (Å²) in [5.41, 5.74) is 1.03. The van der Waals surface area contributed by atoms with Crippen molar-refractivity contribution >= 4 is 23.5 Å². The fourth-order valence-corrected chi connectivity index (χ4v) is 4.18. The highest BCUT2D eigenvalue weighted by Gasteiger charge is 2.18. The maximum absolute atomic E-state index is 13.2. The highest BCUT2D eigenvalue weighted by atomic mass is 32.2. The van der Waals surface area contributed by atoms with Crippen LogP contribution in [0.4, 0.5) is 4.39 Å². The second-order valence-electron chi connectivity index (χ2n) is 4.35. The van der Waals surface area contributed by atoms with E-state index in [-0.39, 0.29) is 11.7 Å². The van der Waals surface area contributed by atoms with E-state index < -0.39 is 0 Å². The van der Waals surface area contributed by atoms with Crippen LogP contribution in [-0.2, 0) is 0 Å². The lowest BCUT2D eigenvalue weighted by Crippen LogP contribution is -1.94. The minimum atomic E-state index is -0.204. The SMILES string of the molecule is CC(C#N)c1ccc2c(c1)Sc1ccc(F)cc1S2. The summed E-state index contributed by atoms with van der Waals surface area (Å²) < 4.78 is 13.2. The van der Waals surface area contributed by atoms with Gasteiger partial charge in [0, 0.05) is 19.6 Å². The quantitative estimate of drug-likeness (QED) is 0.624. The number of nitrogens with zero attached hydrogens (tertiary/aromatic N) is 1. The fraction of sp³-hybridized carbons (Fsp3) is 0.133. The van der Waals surface area contributed by atoms with Gasteiger partial charge in [0.25, 0.3) is 0 Å². The van der Waals surface area contributed by atoms with Crippen LogP contribution >= 0.6 is 23.5 Å². The molecule has 4 heteroatoms. The first kappa shape index (κ1) is 12.6. The molecule has 0 saturated carbocycles. The van der Waals surface area contributed by atoms with Crippen LogP contribution in [0, 0.1) is 17.1 Å². The molecule has 19 heavy (non-hydrogen) atoms. The highest BCUT2D eigenvalue weighted by molar-refractivity contribution is 8.05. The molecule has 94 valence electrons. The normalized spacial score (nSPS) is 14.2. The first-order valence-electron chi connectivity index (χ1n) is 5.86. The van der Waals surface area contributed by atoms with Crippen molar-refractivity contribution in [1.29, 1.82) is 5.26 Å². The van der Waals surface area contributed by atoms with Crippen molar-refractivity contribution in [2.75, 3.05) is 0 Å². The van der Waals surface area contributed by atoms with Gasteiger partial charge in [0.1, 0.15) is 5.82 Å². The molecule has 1 nitrogen and oxygen atoms in total. The van der Waals surface area contributed by atoms with Crippen LogP contribution in [-0.4, -0.2) is 0 Å². The number of halogens is 1. The molecule has 3 rings (SSSR count). The Balaban J connectivity index is 2.01. The van der Waals surface area contributed by atoms with E-state index in [1.54, 1.807) is 29.6 Å². The fourth-order valence-electron chi connectivity index (χ4n) is 1.92. The van der Waals surface area contributed by atoms with Gasteiger partial charge in [-0.3, -0.25) is 0 Å². The van der Waals surface area contributed by atoms with E-state index >= 15 is 0 Å². The van der Waals surface area contributed by atoms with Gasteiger partial charge >= 0.3 is 0 Å². The monoisotopic (exact) mass is 287 g/mol. The van der Waals surface area contributed by atoms with Gasteiger partial charge in [-0.1, -0.05) is 29.6 Å². The van der Waals surface area contributed by atoms with E-state index in [1.807, 2.05) is 25.1 Å². The average Bonchev–Trinajstić information content (AvgIpc) is 2.43. The van der Waals surface area contributed by atoms with Crippen molar-refractivity contribution in [1.82, 2.24) is 0 Å². The molecule has 0 amide bonds. The summed E-state index contributed by atoms with van der Waals surface area (Å²) in [7, 11) is 0. The smallest absolute Gasteiger partial charge is 0.124 e. The molecule has 1 atom stereocenters. The molecular formula is C15H10FNS2. The van der Waals surface area contributed by atoms with Crippen LogP contribution in [0.25, 0.3) is 0 Å². The molecule has 0 aliphatic carbocycles. The van der Waals surface area contributed by atoms with Gasteiger partial charge in [0.15, 0.2) is 0 Å². The molecule has 0 spiro atoms. The van der Waals surface area contributed by atoms with Gasteiger partial charge < -0.3 is 0 Å². The van der Waals surface area contributed by atoms with Crippen molar-refractivity contribution in [2.45, 2.75) is 32.4 Å². The summed E-state index contributed by atoms with van der Waals surface area (Å²) >= 11 is 3.22. The third-order valence-electron chi connectivity index (χ3n) is 3.01. The molecule has 0 N–H and O–H groups in total. The highest BCUT2D eigenvalue weighted by Crippen LogP contribution is 2.49. The Hall–Kier alpha value is -1.44. The summed E-state index contributed by atoms with van der Waals surface area (Å²) in [6.45, 7) is 1.89. The first-order valence-corrected chi connectivity index (χ1v) is 7.49. The largest absolute Gasteiger partial charge is 0.207 e. The lowest BCUT2D eigenvalue weighted by molar-refractivity contribution is 0.621. The number of rotatable bonds is 1. The third kappa shape index (κ3) is 2.36. The molecule has 0 saturated heterocycles. The zero-order valence-corrected chi connectivity index (χ0v) is 11.8. The molecule has 0 fully saturated rings. The number of benzene rings is 2. The maximum atomic E-state index is 13.2. The first-order chi connectivity index (χ1) is 9.17. The molecule has 0 aromatic heterocycles. The Bertz CT molecular complexity index is 691. The molecule has 1 aliphatic rings. The molecule has 1 aliphatic heterocycles. The van der Waals surface area contributed by atoms with E-state index in [2.05, 4.69) is 12.1 Å². The average molecular weight is 287 g/mol. The number of hydrogen-bond acceptors (Lipinski definition) is 3.